The van der Waals surface area contributed by atoms with Gasteiger partial charge >= 0.3 is 5.97 Å². The molecular formula is C88H135N17O15. The van der Waals surface area contributed by atoms with Crippen molar-refractivity contribution in [3.63, 3.8) is 0 Å². The Morgan fingerprint density at radius 2 is 0.650 bits per heavy atom. The lowest BCUT2D eigenvalue weighted by atomic mass is 9.98. The fourth-order valence-electron chi connectivity index (χ4n) is 14.3. The summed E-state index contributed by atoms with van der Waals surface area (Å²) in [6.07, 6.45) is 4.98. The minimum absolute atomic E-state index is 0.0640. The first kappa shape index (κ1) is 100. The Balaban J connectivity index is 1.41. The zero-order valence-electron chi connectivity index (χ0n) is 71.2. The number of nitrogens with one attached hydrogen (secondary N) is 11. The molecule has 4 aromatic carbocycles. The van der Waals surface area contributed by atoms with Crippen molar-refractivity contribution in [2.75, 3.05) is 32.7 Å². The van der Waals surface area contributed by atoms with Gasteiger partial charge in [-0.1, -0.05) is 165 Å². The summed E-state index contributed by atoms with van der Waals surface area (Å²) in [5.41, 5.74) is 31.7. The Bertz CT molecular complexity index is 3880. The Hall–Kier alpha value is -10.4. The number of rotatable bonds is 55. The fourth-order valence-corrected chi connectivity index (χ4v) is 14.3. The van der Waals surface area contributed by atoms with Crippen molar-refractivity contribution in [2.45, 2.75) is 269 Å². The zero-order chi connectivity index (χ0) is 88.4. The number of hydrogen-bond acceptors (Lipinski definition) is 19. The maximum Gasteiger partial charge on any atom is 0.326 e. The summed E-state index contributed by atoms with van der Waals surface area (Å²) in [7, 11) is 0. The van der Waals surface area contributed by atoms with Gasteiger partial charge in [-0.2, -0.15) is 0 Å². The first-order valence-electron chi connectivity index (χ1n) is 42.6. The van der Waals surface area contributed by atoms with Crippen molar-refractivity contribution in [2.24, 2.45) is 52.3 Å². The average molecular weight is 1670 g/mol. The number of carboxylic acid groups (broad SMARTS) is 1. The Morgan fingerprint density at radius 3 is 1.00 bits per heavy atom. The Kier molecular flexibility index (Phi) is 44.5. The lowest BCUT2D eigenvalue weighted by Gasteiger charge is -2.32. The summed E-state index contributed by atoms with van der Waals surface area (Å²) >= 11 is 0. The first-order valence-corrected chi connectivity index (χ1v) is 42.6. The smallest absolute Gasteiger partial charge is 0.326 e. The van der Waals surface area contributed by atoms with Crippen LogP contribution in [0, 0.1) is 23.7 Å². The second kappa shape index (κ2) is 53.3. The van der Waals surface area contributed by atoms with E-state index < -0.39 is 161 Å². The number of aromatic hydroxyl groups is 1. The summed E-state index contributed by atoms with van der Waals surface area (Å²) in [5.74, 6) is -11.3. The zero-order valence-corrected chi connectivity index (χ0v) is 71.2. The van der Waals surface area contributed by atoms with Crippen LogP contribution in [-0.4, -0.2) is 203 Å². The summed E-state index contributed by atoms with van der Waals surface area (Å²) in [5, 5.41) is 51.3. The molecule has 32 nitrogen and oxygen atoms in total. The maximum atomic E-state index is 15.3. The molecule has 120 heavy (non-hydrogen) atoms. The number of unbranched alkanes of at least 4 members (excludes halogenated alkanes) is 4. The van der Waals surface area contributed by atoms with Crippen LogP contribution in [0.2, 0.25) is 0 Å². The van der Waals surface area contributed by atoms with Crippen LogP contribution in [0.5, 0.6) is 5.75 Å². The van der Waals surface area contributed by atoms with Crippen LogP contribution < -0.4 is 87.2 Å². The third-order valence-electron chi connectivity index (χ3n) is 20.9. The molecule has 1 aliphatic rings. The maximum absolute atomic E-state index is 15.3. The fraction of sp³-hybridized carbons (Fsp3) is 0.580. The van der Waals surface area contributed by atoms with Crippen LogP contribution in [0.4, 0.5) is 0 Å². The minimum atomic E-state index is -1.49. The molecule has 1 saturated heterocycles. The molecule has 23 N–H and O–H groups in total. The van der Waals surface area contributed by atoms with Gasteiger partial charge in [0, 0.05) is 32.2 Å². The second-order valence-electron chi connectivity index (χ2n) is 32.9. The molecule has 0 spiro atoms. The lowest BCUT2D eigenvalue weighted by Crippen LogP contribution is -2.61. The third-order valence-corrected chi connectivity index (χ3v) is 20.9. The van der Waals surface area contributed by atoms with Gasteiger partial charge in [-0.3, -0.25) is 57.5 Å². The van der Waals surface area contributed by atoms with E-state index in [1.807, 2.05) is 41.5 Å². The number of phenolic OH excluding ortho intramolecular Hbond substituents is 1. The molecule has 1 heterocycles. The molecule has 12 amide bonds. The first-order chi connectivity index (χ1) is 57.2. The van der Waals surface area contributed by atoms with E-state index in [4.69, 9.17) is 28.7 Å². The SMILES string of the molecule is CC(C)C[C@H](NC(=O)[C@H](CCCCN)NC(=O)[C@H](CCCCN)NC(=O)[C@H](CCCCN)NC(=O)[C@@H](N)CCCCN)C(=O)N[C@@H](CC(C)C)C(=O)N[C@@H](CC(C)C)C(=O)N1CCC[C@H]1C(=O)N[C@@H](Cc1ccccc1)C(=O)N[C@@H](Cc1ccc(O)cc1)C(=O)N[C@@H](Cc1ccccc1)C(=O)N[C@@H](Cc1ccccc1)C(=O)N[C@H](C(=O)O)C(C)C. The van der Waals surface area contributed by atoms with Crippen molar-refractivity contribution in [1.29, 1.82) is 0 Å². The number of hydrogen-bond donors (Lipinski definition) is 18. The van der Waals surface area contributed by atoms with Gasteiger partial charge in [0.25, 0.3) is 0 Å². The van der Waals surface area contributed by atoms with E-state index in [9.17, 15) is 53.4 Å². The monoisotopic (exact) mass is 1670 g/mol. The van der Waals surface area contributed by atoms with Crippen LogP contribution in [0.15, 0.2) is 115 Å². The number of benzene rings is 4. The third kappa shape index (κ3) is 35.5. The predicted molar refractivity (Wildman–Crippen MR) is 459 cm³/mol. The summed E-state index contributed by atoms with van der Waals surface area (Å²) < 4.78 is 0. The largest absolute Gasteiger partial charge is 0.508 e. The van der Waals surface area contributed by atoms with E-state index in [2.05, 4.69) is 58.5 Å². The molecule has 0 aromatic heterocycles. The van der Waals surface area contributed by atoms with Crippen molar-refractivity contribution >= 4 is 76.9 Å². The number of carbonyl (C=O) groups is 13. The molecule has 0 saturated carbocycles. The number of phenols is 1. The number of carbonyl (C=O) groups excluding carboxylic acids is 12. The highest BCUT2D eigenvalue weighted by atomic mass is 16.4. The molecule has 0 radical (unpaired) electrons. The van der Waals surface area contributed by atoms with E-state index in [-0.39, 0.29) is 107 Å². The highest BCUT2D eigenvalue weighted by Gasteiger charge is 2.42. The summed E-state index contributed by atoms with van der Waals surface area (Å²) in [4.78, 5) is 190. The van der Waals surface area contributed by atoms with Gasteiger partial charge in [0.05, 0.1) is 6.04 Å². The Labute approximate surface area is 706 Å². The minimum Gasteiger partial charge on any atom is -0.508 e. The highest BCUT2D eigenvalue weighted by Crippen LogP contribution is 2.24. The van der Waals surface area contributed by atoms with Crippen LogP contribution in [-0.2, 0) is 88.0 Å². The topological polar surface area (TPSA) is 528 Å². The molecule has 662 valence electrons. The van der Waals surface area contributed by atoms with Gasteiger partial charge in [0.15, 0.2) is 0 Å². The lowest BCUT2D eigenvalue weighted by molar-refractivity contribution is -0.143. The standard InChI is InChI=1S/C88H135N17O15/c1-54(2)47-67(97-79(110)66(36-21-25-45-92)96-78(109)65(35-20-24-44-91)95-77(108)64(34-19-23-43-90)94-76(107)63(93)33-18-22-42-89)80(111)98-68(48-55(3)4)81(112)103-73(49-56(5)6)87(118)105-46-26-37-74(105)86(117)102-71(51-59-29-14-10-15-30-59)84(115)100-70(53-61-38-40-62(106)41-39-61)83(114)99-69(50-58-27-12-9-13-28-58)82(113)101-72(52-60-31-16-11-17-32-60)85(116)104-75(57(7)8)88(119)120/h9-17,27-32,38-41,54-57,63-75,106H,18-26,33-37,42-53,89-93H2,1-8H3,(H,94,107)(H,95,108)(H,96,109)(H,97,110)(H,98,111)(H,99,114)(H,100,115)(H,101,113)(H,102,117)(H,103,112)(H,104,116)(H,119,120)/t63-,64-,65-,66-,67-,68-,69-,70-,71-,72-,73-,74-,75-/m0/s1. The van der Waals surface area contributed by atoms with Crippen LogP contribution >= 0.6 is 0 Å². The average Bonchev–Trinajstić information content (AvgIpc) is 1.64. The molecule has 4 aromatic rings. The number of amides is 12. The quantitative estimate of drug-likeness (QED) is 0.0283. The molecular weight excluding hydrogens is 1540 g/mol. The summed E-state index contributed by atoms with van der Waals surface area (Å²) in [6.45, 7) is 15.7. The molecule has 0 bridgehead atoms. The van der Waals surface area contributed by atoms with Gasteiger partial charge < -0.3 is 102 Å². The van der Waals surface area contributed by atoms with E-state index in [0.29, 0.717) is 106 Å². The molecule has 13 atom stereocenters. The molecule has 5 rings (SSSR count). The molecule has 0 unspecified atom stereocenters. The van der Waals surface area contributed by atoms with Crippen molar-refractivity contribution in [3.8, 4) is 5.75 Å². The number of nitrogens with zero attached hydrogens (tertiary/aromatic N) is 1. The molecule has 1 aliphatic heterocycles. The molecule has 0 aliphatic carbocycles. The number of nitrogens with two attached hydrogens (primary N) is 5. The predicted octanol–water partition coefficient (Wildman–Crippen LogP) is 2.71. The van der Waals surface area contributed by atoms with E-state index in [0.717, 1.165) is 0 Å². The van der Waals surface area contributed by atoms with Crippen LogP contribution in [0.1, 0.15) is 187 Å². The van der Waals surface area contributed by atoms with Crippen molar-refractivity contribution in [1.82, 2.24) is 63.4 Å². The van der Waals surface area contributed by atoms with E-state index >= 15 is 19.2 Å². The van der Waals surface area contributed by atoms with Crippen LogP contribution in [0.3, 0.4) is 0 Å². The molecule has 1 fully saturated rings. The van der Waals surface area contributed by atoms with Gasteiger partial charge in [0.2, 0.25) is 70.9 Å². The second-order valence-corrected chi connectivity index (χ2v) is 32.9. The number of aliphatic carboxylic acids is 1. The van der Waals surface area contributed by atoms with E-state index in [1.54, 1.807) is 117 Å². The highest BCUT2D eigenvalue weighted by molar-refractivity contribution is 6.00. The van der Waals surface area contributed by atoms with Gasteiger partial charge in [0.1, 0.15) is 78.3 Å². The number of likely N-dealkylation sites (tertiary alicyclic amines) is 1. The van der Waals surface area contributed by atoms with Gasteiger partial charge in [-0.25, -0.2) is 4.79 Å². The number of carboxylic acids is 1. The Morgan fingerprint density at radius 1 is 0.358 bits per heavy atom. The van der Waals surface area contributed by atoms with Crippen molar-refractivity contribution in [3.05, 3.63) is 138 Å². The van der Waals surface area contributed by atoms with E-state index in [1.165, 1.54) is 17.0 Å². The normalized spacial score (nSPS) is 15.7. The van der Waals surface area contributed by atoms with Gasteiger partial charge in [-0.05, 0) is 187 Å². The summed E-state index contributed by atoms with van der Waals surface area (Å²) in [6, 6.07) is 15.7. The molecule has 32 heteroatoms. The van der Waals surface area contributed by atoms with Gasteiger partial charge in [-0.15, -0.1) is 0 Å². The van der Waals surface area contributed by atoms with Crippen molar-refractivity contribution < 1.29 is 72.5 Å². The van der Waals surface area contributed by atoms with Crippen LogP contribution in [0.25, 0.3) is 0 Å².